The maximum absolute atomic E-state index is 6.12. The van der Waals surface area contributed by atoms with Crippen molar-refractivity contribution in [3.05, 3.63) is 181 Å². The number of rotatable bonds is 13. The smallest absolute Gasteiger partial charge is 0.127 e. The van der Waals surface area contributed by atoms with Crippen LogP contribution in [0.1, 0.15) is 54.8 Å². The number of hydrogen-bond acceptors (Lipinski definition) is 3. The van der Waals surface area contributed by atoms with Crippen LogP contribution < -0.4 is 14.7 Å². The molecule has 5 aromatic carbocycles. The van der Waals surface area contributed by atoms with E-state index >= 15 is 0 Å². The van der Waals surface area contributed by atoms with E-state index in [1.165, 1.54) is 5.19 Å². The van der Waals surface area contributed by atoms with Gasteiger partial charge in [0.1, 0.15) is 21.0 Å². The fourth-order valence-corrected chi connectivity index (χ4v) is 7.07. The van der Waals surface area contributed by atoms with Gasteiger partial charge in [0.2, 0.25) is 0 Å². The Hall–Kier alpha value is -4.81. The molecule has 4 nitrogen and oxygen atoms in total. The molecule has 0 aliphatic heterocycles. The second kappa shape index (κ2) is 17.2. The van der Waals surface area contributed by atoms with Gasteiger partial charge in [0.05, 0.1) is 32.5 Å². The van der Waals surface area contributed by atoms with Crippen molar-refractivity contribution >= 4 is 22.6 Å². The summed E-state index contributed by atoms with van der Waals surface area (Å²) < 4.78 is 14.3. The molecule has 6 rings (SSSR count). The first kappa shape index (κ1) is 33.6. The van der Waals surface area contributed by atoms with Gasteiger partial charge in [-0.05, 0) is 65.2 Å². The summed E-state index contributed by atoms with van der Waals surface area (Å²) in [6.07, 6.45) is 7.75. The molecule has 0 spiro atoms. The monoisotopic (exact) mass is 632 g/mol. The first-order valence-electron chi connectivity index (χ1n) is 16.3. The molecule has 0 bridgehead atoms. The Kier molecular flexibility index (Phi) is 12.3. The number of ether oxygens (including phenoxy) is 2. The topological polar surface area (TPSA) is 36.3 Å². The lowest BCUT2D eigenvalue weighted by molar-refractivity contribution is 0.316. The molecule has 0 saturated heterocycles. The van der Waals surface area contributed by atoms with Crippen LogP contribution in [0.5, 0.6) is 11.5 Å². The largest absolute Gasteiger partial charge is 0.494 e. The standard InChI is InChI=1S/C28H30N2O2Si.C13H11B/c1-3-18-31-25-12-8-10-23(20-25)28(30-17-16-29-22-30,33-27-14-6-5-7-15-27)24-11-9-13-26(21-24)32-19-4-2;14-13(11-7-3-1-4-8-11)12-9-5-2-6-10-12/h5-17,20-22H,3-4,18-19H2,1-2H3;1-10,13H. The van der Waals surface area contributed by atoms with Gasteiger partial charge in [0, 0.05) is 12.4 Å². The van der Waals surface area contributed by atoms with Crippen molar-refractivity contribution in [2.24, 2.45) is 0 Å². The highest BCUT2D eigenvalue weighted by atomic mass is 28.2. The van der Waals surface area contributed by atoms with Crippen molar-refractivity contribution in [2.75, 3.05) is 13.2 Å². The lowest BCUT2D eigenvalue weighted by atomic mass is 9.76. The van der Waals surface area contributed by atoms with Gasteiger partial charge >= 0.3 is 0 Å². The molecular formula is C41H41BN2O2Si. The van der Waals surface area contributed by atoms with Gasteiger partial charge in [-0.25, -0.2) is 4.98 Å². The number of benzene rings is 5. The maximum atomic E-state index is 6.12. The molecule has 1 heterocycles. The number of nitrogens with zero attached hydrogens (tertiary/aromatic N) is 2. The Balaban J connectivity index is 0.000000257. The third kappa shape index (κ3) is 8.72. The molecule has 0 amide bonds. The lowest BCUT2D eigenvalue weighted by Crippen LogP contribution is -2.46. The predicted octanol–water partition coefficient (Wildman–Crippen LogP) is 8.18. The third-order valence-corrected chi connectivity index (χ3v) is 9.58. The fourth-order valence-electron chi connectivity index (χ4n) is 5.44. The number of hydrogen-bond donors (Lipinski definition) is 0. The molecule has 0 unspecified atom stereocenters. The molecule has 0 aliphatic rings. The van der Waals surface area contributed by atoms with Crippen LogP contribution in [0.3, 0.4) is 0 Å². The molecule has 0 N–H and O–H groups in total. The van der Waals surface area contributed by atoms with Gasteiger partial charge in [-0.2, -0.15) is 0 Å². The zero-order valence-electron chi connectivity index (χ0n) is 27.2. The van der Waals surface area contributed by atoms with E-state index < -0.39 is 5.16 Å². The molecule has 0 atom stereocenters. The van der Waals surface area contributed by atoms with E-state index in [0.717, 1.165) is 46.6 Å². The molecule has 1 aromatic heterocycles. The lowest BCUT2D eigenvalue weighted by Gasteiger charge is -2.37. The van der Waals surface area contributed by atoms with Crippen LogP contribution in [0.25, 0.3) is 0 Å². The molecule has 234 valence electrons. The SMILES string of the molecule is CCCOc1cccc(C([Si]c2ccccc2)(c2cccc(OCCC)c2)n2ccnc2)c1.[B]C(c1ccccc1)c1ccccc1. The van der Waals surface area contributed by atoms with Crippen molar-refractivity contribution in [1.82, 2.24) is 9.55 Å². The molecule has 0 fully saturated rings. The predicted molar refractivity (Wildman–Crippen MR) is 195 cm³/mol. The zero-order valence-corrected chi connectivity index (χ0v) is 28.2. The minimum atomic E-state index is -0.491. The Morgan fingerprint density at radius 1 is 0.660 bits per heavy atom. The van der Waals surface area contributed by atoms with Crippen molar-refractivity contribution in [3.8, 4) is 11.5 Å². The summed E-state index contributed by atoms with van der Waals surface area (Å²) >= 11 is 0. The van der Waals surface area contributed by atoms with E-state index in [0.29, 0.717) is 22.7 Å². The van der Waals surface area contributed by atoms with Gasteiger partial charge in [-0.1, -0.05) is 134 Å². The van der Waals surface area contributed by atoms with Crippen LogP contribution in [0, 0.1) is 0 Å². The summed E-state index contributed by atoms with van der Waals surface area (Å²) in [4.78, 5) is 4.43. The molecule has 0 saturated carbocycles. The quantitative estimate of drug-likeness (QED) is 0.121. The van der Waals surface area contributed by atoms with Crippen LogP contribution in [0.4, 0.5) is 0 Å². The Morgan fingerprint density at radius 3 is 1.60 bits per heavy atom. The van der Waals surface area contributed by atoms with Crippen molar-refractivity contribution in [2.45, 2.75) is 37.7 Å². The van der Waals surface area contributed by atoms with E-state index in [1.807, 2.05) is 61.1 Å². The average Bonchev–Trinajstić information content (AvgIpc) is 3.69. The van der Waals surface area contributed by atoms with Crippen LogP contribution >= 0.6 is 0 Å². The van der Waals surface area contributed by atoms with Gasteiger partial charge in [0.15, 0.2) is 0 Å². The van der Waals surface area contributed by atoms with Gasteiger partial charge in [0.25, 0.3) is 0 Å². The van der Waals surface area contributed by atoms with Crippen LogP contribution in [-0.2, 0) is 5.16 Å². The highest BCUT2D eigenvalue weighted by Gasteiger charge is 2.38. The average molecular weight is 633 g/mol. The van der Waals surface area contributed by atoms with Crippen LogP contribution in [-0.4, -0.2) is 40.1 Å². The Labute approximate surface area is 283 Å². The minimum Gasteiger partial charge on any atom is -0.494 e. The molecule has 6 heteroatoms. The summed E-state index contributed by atoms with van der Waals surface area (Å²) in [5, 5.41) is 0.778. The second-order valence-electron chi connectivity index (χ2n) is 11.2. The summed E-state index contributed by atoms with van der Waals surface area (Å²) in [6, 6.07) is 47.9. The first-order chi connectivity index (χ1) is 23.1. The summed E-state index contributed by atoms with van der Waals surface area (Å²) in [7, 11) is 6.54. The van der Waals surface area contributed by atoms with E-state index in [4.69, 9.17) is 17.3 Å². The van der Waals surface area contributed by atoms with Crippen molar-refractivity contribution < 1.29 is 9.47 Å². The van der Waals surface area contributed by atoms with Gasteiger partial charge in [-0.3, -0.25) is 0 Å². The summed E-state index contributed by atoms with van der Waals surface area (Å²) in [6.45, 7) is 5.64. The highest BCUT2D eigenvalue weighted by Crippen LogP contribution is 2.36. The minimum absolute atomic E-state index is 0.0163. The zero-order chi connectivity index (χ0) is 32.7. The van der Waals surface area contributed by atoms with E-state index in [-0.39, 0.29) is 5.82 Å². The van der Waals surface area contributed by atoms with Crippen LogP contribution in [0.15, 0.2) is 158 Å². The highest BCUT2D eigenvalue weighted by molar-refractivity contribution is 6.57. The van der Waals surface area contributed by atoms with Gasteiger partial charge < -0.3 is 14.0 Å². The second-order valence-corrected chi connectivity index (χ2v) is 12.8. The summed E-state index contributed by atoms with van der Waals surface area (Å²) in [5.41, 5.74) is 4.62. The summed E-state index contributed by atoms with van der Waals surface area (Å²) in [5.74, 6) is 1.75. The molecule has 6 aromatic rings. The van der Waals surface area contributed by atoms with E-state index in [1.54, 1.807) is 0 Å². The van der Waals surface area contributed by atoms with Crippen LogP contribution in [0.2, 0.25) is 0 Å². The van der Waals surface area contributed by atoms with Gasteiger partial charge in [-0.15, -0.1) is 0 Å². The third-order valence-electron chi connectivity index (χ3n) is 7.76. The fraction of sp³-hybridized carbons (Fsp3) is 0.195. The molecule has 4 radical (unpaired) electrons. The van der Waals surface area contributed by atoms with E-state index in [2.05, 4.69) is 121 Å². The first-order valence-corrected chi connectivity index (χ1v) is 17.3. The van der Waals surface area contributed by atoms with E-state index in [9.17, 15) is 0 Å². The Morgan fingerprint density at radius 2 is 1.15 bits per heavy atom. The molecular weight excluding hydrogens is 591 g/mol. The maximum Gasteiger partial charge on any atom is 0.127 e. The molecule has 47 heavy (non-hydrogen) atoms. The number of aromatic nitrogens is 2. The van der Waals surface area contributed by atoms with Crippen molar-refractivity contribution in [3.63, 3.8) is 0 Å². The normalized spacial score (nSPS) is 11.0. The Bertz CT molecular complexity index is 1660. The van der Waals surface area contributed by atoms with Crippen molar-refractivity contribution in [1.29, 1.82) is 0 Å². The molecule has 0 aliphatic carbocycles. The number of imidazole rings is 1.